The molecule has 3 rings (SSSR count). The van der Waals surface area contributed by atoms with Crippen molar-refractivity contribution < 1.29 is 14.4 Å². The molecule has 9 heteroatoms. The van der Waals surface area contributed by atoms with E-state index in [2.05, 4.69) is 20.3 Å². The van der Waals surface area contributed by atoms with Gasteiger partial charge in [-0.3, -0.25) is 15.1 Å². The van der Waals surface area contributed by atoms with Crippen molar-refractivity contribution in [1.29, 1.82) is 0 Å². The number of rotatable bonds is 7. The van der Waals surface area contributed by atoms with Crippen molar-refractivity contribution in [3.63, 3.8) is 0 Å². The minimum Gasteiger partial charge on any atom is -0.493 e. The number of ether oxygens (including phenoxy) is 2. The molecule has 0 aliphatic carbocycles. The molecule has 0 atom stereocenters. The topological polar surface area (TPSA) is 112 Å². The van der Waals surface area contributed by atoms with E-state index in [1.54, 1.807) is 42.7 Å². The Bertz CT molecular complexity index is 905. The Hall–Kier alpha value is -3.75. The van der Waals surface area contributed by atoms with E-state index < -0.39 is 4.92 Å². The van der Waals surface area contributed by atoms with Crippen molar-refractivity contribution in [3.8, 4) is 17.4 Å². The Morgan fingerprint density at radius 3 is 2.65 bits per heavy atom. The molecule has 0 aliphatic rings. The molecule has 1 N–H and O–H groups in total. The van der Waals surface area contributed by atoms with Crippen LogP contribution in [0.4, 0.5) is 11.5 Å². The number of methoxy groups -OCH3 is 1. The van der Waals surface area contributed by atoms with Crippen LogP contribution < -0.4 is 14.8 Å². The zero-order valence-corrected chi connectivity index (χ0v) is 13.8. The van der Waals surface area contributed by atoms with Gasteiger partial charge in [0.05, 0.1) is 12.0 Å². The van der Waals surface area contributed by atoms with Gasteiger partial charge in [0, 0.05) is 18.9 Å². The number of para-hydroxylation sites is 2. The molecule has 3 aromatic rings. The number of anilines is 1. The van der Waals surface area contributed by atoms with Gasteiger partial charge in [-0.2, -0.15) is 4.98 Å². The number of pyridine rings is 1. The number of nitrogens with one attached hydrogen (secondary N) is 1. The van der Waals surface area contributed by atoms with Gasteiger partial charge < -0.3 is 14.8 Å². The Labute approximate surface area is 148 Å². The number of hydrogen-bond acceptors (Lipinski definition) is 8. The molecular formula is C17H15N5O4. The average molecular weight is 353 g/mol. The number of hydrogen-bond donors (Lipinski definition) is 1. The monoisotopic (exact) mass is 353 g/mol. The van der Waals surface area contributed by atoms with Gasteiger partial charge in [-0.1, -0.05) is 18.2 Å². The highest BCUT2D eigenvalue weighted by molar-refractivity contribution is 5.62. The zero-order valence-electron chi connectivity index (χ0n) is 13.8. The maximum atomic E-state index is 11.6. The van der Waals surface area contributed by atoms with Crippen LogP contribution in [-0.4, -0.2) is 27.0 Å². The first kappa shape index (κ1) is 17.1. The van der Waals surface area contributed by atoms with Crippen molar-refractivity contribution in [1.82, 2.24) is 15.0 Å². The van der Waals surface area contributed by atoms with Crippen molar-refractivity contribution in [2.45, 2.75) is 6.54 Å². The van der Waals surface area contributed by atoms with Crippen LogP contribution in [0.15, 0.2) is 55.1 Å². The summed E-state index contributed by atoms with van der Waals surface area (Å²) in [7, 11) is 1.48. The van der Waals surface area contributed by atoms with E-state index in [0.29, 0.717) is 18.0 Å². The highest BCUT2D eigenvalue weighted by Gasteiger charge is 2.25. The quantitative estimate of drug-likeness (QED) is 0.509. The molecule has 0 radical (unpaired) electrons. The van der Waals surface area contributed by atoms with Gasteiger partial charge in [-0.25, -0.2) is 4.98 Å². The lowest BCUT2D eigenvalue weighted by molar-refractivity contribution is -0.385. The first-order valence-corrected chi connectivity index (χ1v) is 7.62. The molecule has 0 unspecified atom stereocenters. The predicted molar refractivity (Wildman–Crippen MR) is 93.3 cm³/mol. The molecule has 0 fully saturated rings. The van der Waals surface area contributed by atoms with Crippen molar-refractivity contribution in [2.24, 2.45) is 0 Å². The van der Waals surface area contributed by atoms with E-state index >= 15 is 0 Å². The van der Waals surface area contributed by atoms with Gasteiger partial charge in [0.25, 0.3) is 0 Å². The Morgan fingerprint density at radius 2 is 1.96 bits per heavy atom. The number of aromatic nitrogens is 3. The summed E-state index contributed by atoms with van der Waals surface area (Å²) in [5, 5.41) is 14.5. The highest BCUT2D eigenvalue weighted by Crippen LogP contribution is 2.37. The largest absolute Gasteiger partial charge is 0.493 e. The number of benzene rings is 1. The molecule has 0 spiro atoms. The van der Waals surface area contributed by atoms with E-state index in [4.69, 9.17) is 9.47 Å². The molecule has 0 aliphatic heterocycles. The van der Waals surface area contributed by atoms with Crippen molar-refractivity contribution >= 4 is 11.5 Å². The summed E-state index contributed by atoms with van der Waals surface area (Å²) < 4.78 is 10.8. The van der Waals surface area contributed by atoms with E-state index in [-0.39, 0.29) is 17.4 Å². The lowest BCUT2D eigenvalue weighted by Gasteiger charge is -2.11. The number of nitro groups is 1. The fourth-order valence-corrected chi connectivity index (χ4v) is 2.23. The molecular weight excluding hydrogens is 338 g/mol. The van der Waals surface area contributed by atoms with Gasteiger partial charge in [0.2, 0.25) is 5.82 Å². The first-order chi connectivity index (χ1) is 12.7. The molecule has 1 aromatic carbocycles. The third-order valence-corrected chi connectivity index (χ3v) is 3.43. The summed E-state index contributed by atoms with van der Waals surface area (Å²) in [6.45, 7) is 0.319. The van der Waals surface area contributed by atoms with Gasteiger partial charge >= 0.3 is 11.6 Å². The summed E-state index contributed by atoms with van der Waals surface area (Å²) in [6.07, 6.45) is 4.51. The summed E-state index contributed by atoms with van der Waals surface area (Å²) in [5.41, 5.74) is 0.495. The maximum Gasteiger partial charge on any atom is 0.373 e. The molecule has 0 saturated carbocycles. The molecule has 0 bridgehead atoms. The molecule has 0 saturated heterocycles. The predicted octanol–water partition coefficient (Wildman–Crippen LogP) is 3.19. The molecule has 9 nitrogen and oxygen atoms in total. The minimum absolute atomic E-state index is 0.0544. The summed E-state index contributed by atoms with van der Waals surface area (Å²) in [4.78, 5) is 22.8. The van der Waals surface area contributed by atoms with E-state index in [1.165, 1.54) is 13.4 Å². The van der Waals surface area contributed by atoms with Crippen LogP contribution in [0.5, 0.6) is 17.4 Å². The van der Waals surface area contributed by atoms with Crippen LogP contribution in [-0.2, 0) is 6.54 Å². The van der Waals surface area contributed by atoms with Crippen LogP contribution in [0.1, 0.15) is 5.56 Å². The van der Waals surface area contributed by atoms with Crippen LogP contribution in [0.2, 0.25) is 0 Å². The molecule has 2 heterocycles. The van der Waals surface area contributed by atoms with Gasteiger partial charge in [-0.15, -0.1) is 0 Å². The highest BCUT2D eigenvalue weighted by atomic mass is 16.6. The standard InChI is InChI=1S/C17H15N5O4/c1-25-13-6-2-3-7-14(13)26-17-15(22(23)24)16(20-11-21-17)19-10-12-5-4-8-18-9-12/h2-9,11H,10H2,1H3,(H,19,20,21). The summed E-state index contributed by atoms with van der Waals surface area (Å²) in [5.74, 6) is 0.627. The second kappa shape index (κ2) is 7.88. The molecule has 2 aromatic heterocycles. The van der Waals surface area contributed by atoms with Gasteiger partial charge in [0.15, 0.2) is 11.5 Å². The number of nitrogens with zero attached hydrogens (tertiary/aromatic N) is 4. The zero-order chi connectivity index (χ0) is 18.4. The lowest BCUT2D eigenvalue weighted by atomic mass is 10.3. The average Bonchev–Trinajstić information content (AvgIpc) is 2.67. The van der Waals surface area contributed by atoms with Crippen LogP contribution >= 0.6 is 0 Å². The normalized spacial score (nSPS) is 10.2. The lowest BCUT2D eigenvalue weighted by Crippen LogP contribution is -2.07. The van der Waals surface area contributed by atoms with Crippen molar-refractivity contribution in [3.05, 3.63) is 70.8 Å². The third-order valence-electron chi connectivity index (χ3n) is 3.43. The Morgan fingerprint density at radius 1 is 1.15 bits per heavy atom. The second-order valence-corrected chi connectivity index (χ2v) is 5.10. The molecule has 26 heavy (non-hydrogen) atoms. The molecule has 132 valence electrons. The third kappa shape index (κ3) is 3.83. The van der Waals surface area contributed by atoms with Gasteiger partial charge in [-0.05, 0) is 23.8 Å². The summed E-state index contributed by atoms with van der Waals surface area (Å²) in [6, 6.07) is 10.4. The molecule has 0 amide bonds. The van der Waals surface area contributed by atoms with Crippen LogP contribution in [0, 0.1) is 10.1 Å². The summed E-state index contributed by atoms with van der Waals surface area (Å²) >= 11 is 0. The van der Waals surface area contributed by atoms with E-state index in [0.717, 1.165) is 5.56 Å². The maximum absolute atomic E-state index is 11.6. The second-order valence-electron chi connectivity index (χ2n) is 5.10. The van der Waals surface area contributed by atoms with E-state index in [9.17, 15) is 10.1 Å². The Kier molecular flexibility index (Phi) is 5.18. The first-order valence-electron chi connectivity index (χ1n) is 7.62. The van der Waals surface area contributed by atoms with Gasteiger partial charge in [0.1, 0.15) is 6.33 Å². The Balaban J connectivity index is 1.90. The smallest absolute Gasteiger partial charge is 0.373 e. The minimum atomic E-state index is -0.587. The van der Waals surface area contributed by atoms with Crippen molar-refractivity contribution in [2.75, 3.05) is 12.4 Å². The fourth-order valence-electron chi connectivity index (χ4n) is 2.23. The van der Waals surface area contributed by atoms with Crippen LogP contribution in [0.3, 0.4) is 0 Å². The SMILES string of the molecule is COc1ccccc1Oc1ncnc(NCc2cccnc2)c1[N+](=O)[O-]. The fraction of sp³-hybridized carbons (Fsp3) is 0.118. The van der Waals surface area contributed by atoms with Crippen LogP contribution in [0.25, 0.3) is 0 Å². The van der Waals surface area contributed by atoms with E-state index in [1.807, 2.05) is 6.07 Å².